The van der Waals surface area contributed by atoms with Crippen molar-refractivity contribution in [2.75, 3.05) is 22.9 Å². The molecule has 0 bridgehead atoms. The summed E-state index contributed by atoms with van der Waals surface area (Å²) in [5.74, 6) is -0.0798. The van der Waals surface area contributed by atoms with Gasteiger partial charge in [-0.1, -0.05) is 61.4 Å². The van der Waals surface area contributed by atoms with Crippen molar-refractivity contribution in [3.8, 4) is 0 Å². The van der Waals surface area contributed by atoms with Gasteiger partial charge >= 0.3 is 5.69 Å². The standard InChI is InChI=1S/C24H28N4O3S/c1-3-4-13-27(20(29)16-32-19-12-8-9-17(2)14-19)21-22(25)28(24(31)26-23(21)30)15-18-10-6-5-7-11-18/h5-12,14H,3-4,13,15-16,25H2,1-2H3,(H,26,30,31). The molecular weight excluding hydrogens is 424 g/mol. The number of rotatable bonds is 9. The van der Waals surface area contributed by atoms with E-state index in [2.05, 4.69) is 4.98 Å². The van der Waals surface area contributed by atoms with Gasteiger partial charge in [0.25, 0.3) is 5.56 Å². The summed E-state index contributed by atoms with van der Waals surface area (Å²) in [5.41, 5.74) is 7.06. The Labute approximate surface area is 191 Å². The van der Waals surface area contributed by atoms with Crippen LogP contribution in [0.1, 0.15) is 30.9 Å². The van der Waals surface area contributed by atoms with Crippen LogP contribution in [-0.2, 0) is 11.3 Å². The van der Waals surface area contributed by atoms with Crippen LogP contribution in [0.25, 0.3) is 0 Å². The highest BCUT2D eigenvalue weighted by atomic mass is 32.2. The molecule has 8 heteroatoms. The van der Waals surface area contributed by atoms with Gasteiger partial charge in [0.05, 0.1) is 12.3 Å². The van der Waals surface area contributed by atoms with Crippen LogP contribution in [-0.4, -0.2) is 27.8 Å². The van der Waals surface area contributed by atoms with Crippen molar-refractivity contribution in [2.45, 2.75) is 38.1 Å². The van der Waals surface area contributed by atoms with E-state index < -0.39 is 11.2 Å². The molecule has 0 aliphatic rings. The van der Waals surface area contributed by atoms with Gasteiger partial charge in [-0.25, -0.2) is 4.79 Å². The highest BCUT2D eigenvalue weighted by molar-refractivity contribution is 8.00. The SMILES string of the molecule is CCCCN(C(=O)CSc1cccc(C)c1)c1c(N)n(Cc2ccccc2)c(=O)[nH]c1=O. The van der Waals surface area contributed by atoms with Crippen LogP contribution < -0.4 is 21.9 Å². The van der Waals surface area contributed by atoms with Crippen LogP contribution in [0.4, 0.5) is 11.5 Å². The first-order valence-corrected chi connectivity index (χ1v) is 11.6. The van der Waals surface area contributed by atoms with Crippen LogP contribution in [0.2, 0.25) is 0 Å². The molecular formula is C24H28N4O3S. The Hall–Kier alpha value is -3.26. The van der Waals surface area contributed by atoms with E-state index in [4.69, 9.17) is 5.73 Å². The predicted molar refractivity (Wildman–Crippen MR) is 130 cm³/mol. The molecule has 0 saturated carbocycles. The van der Waals surface area contributed by atoms with Gasteiger partial charge in [-0.15, -0.1) is 11.8 Å². The fourth-order valence-electron chi connectivity index (χ4n) is 3.37. The van der Waals surface area contributed by atoms with Crippen LogP contribution in [0.15, 0.2) is 69.1 Å². The molecule has 0 aliphatic carbocycles. The predicted octanol–water partition coefficient (Wildman–Crippen LogP) is 3.40. The minimum absolute atomic E-state index is 0.00684. The number of aromatic nitrogens is 2. The molecule has 3 N–H and O–H groups in total. The monoisotopic (exact) mass is 452 g/mol. The lowest BCUT2D eigenvalue weighted by molar-refractivity contribution is -0.116. The zero-order valence-electron chi connectivity index (χ0n) is 18.3. The zero-order chi connectivity index (χ0) is 23.1. The minimum atomic E-state index is -0.651. The maximum Gasteiger partial charge on any atom is 0.330 e. The van der Waals surface area contributed by atoms with Gasteiger partial charge in [-0.3, -0.25) is 19.1 Å². The normalized spacial score (nSPS) is 10.8. The third-order valence-electron chi connectivity index (χ3n) is 5.06. The number of hydrogen-bond donors (Lipinski definition) is 2. The van der Waals surface area contributed by atoms with Gasteiger partial charge < -0.3 is 10.6 Å². The number of anilines is 2. The van der Waals surface area contributed by atoms with E-state index in [1.165, 1.54) is 21.2 Å². The molecule has 0 aliphatic heterocycles. The molecule has 32 heavy (non-hydrogen) atoms. The molecule has 168 valence electrons. The Morgan fingerprint density at radius 2 is 1.88 bits per heavy atom. The second-order valence-electron chi connectivity index (χ2n) is 7.57. The van der Waals surface area contributed by atoms with Gasteiger partial charge in [0.2, 0.25) is 5.91 Å². The van der Waals surface area contributed by atoms with Crippen LogP contribution in [0, 0.1) is 6.92 Å². The van der Waals surface area contributed by atoms with Crippen molar-refractivity contribution < 1.29 is 4.79 Å². The van der Waals surface area contributed by atoms with E-state index in [1.807, 2.05) is 68.4 Å². The van der Waals surface area contributed by atoms with Gasteiger partial charge in [0, 0.05) is 11.4 Å². The summed E-state index contributed by atoms with van der Waals surface area (Å²) in [6.45, 7) is 4.55. The lowest BCUT2D eigenvalue weighted by Gasteiger charge is -2.24. The lowest BCUT2D eigenvalue weighted by Crippen LogP contribution is -2.42. The number of aryl methyl sites for hydroxylation is 1. The fraction of sp³-hybridized carbons (Fsp3) is 0.292. The third-order valence-corrected chi connectivity index (χ3v) is 6.03. The number of unbranched alkanes of at least 4 members (excludes halogenated alkanes) is 1. The molecule has 3 aromatic rings. The van der Waals surface area contributed by atoms with Gasteiger partial charge in [0.1, 0.15) is 5.82 Å². The molecule has 1 aromatic heterocycles. The van der Waals surface area contributed by atoms with E-state index in [0.29, 0.717) is 13.0 Å². The minimum Gasteiger partial charge on any atom is -0.383 e. The number of nitrogens with two attached hydrogens (primary N) is 1. The number of nitrogens with one attached hydrogen (secondary N) is 1. The highest BCUT2D eigenvalue weighted by Gasteiger charge is 2.24. The second-order valence-corrected chi connectivity index (χ2v) is 8.62. The summed E-state index contributed by atoms with van der Waals surface area (Å²) in [4.78, 5) is 43.1. The molecule has 3 rings (SSSR count). The summed E-state index contributed by atoms with van der Waals surface area (Å²) in [5, 5.41) is 0. The molecule has 1 heterocycles. The molecule has 7 nitrogen and oxygen atoms in total. The maximum atomic E-state index is 13.2. The Balaban J connectivity index is 1.93. The van der Waals surface area contributed by atoms with Crippen LogP contribution >= 0.6 is 11.8 Å². The first kappa shape index (κ1) is 23.4. The van der Waals surface area contributed by atoms with Gasteiger partial charge in [-0.05, 0) is 31.0 Å². The first-order valence-electron chi connectivity index (χ1n) is 10.6. The Bertz CT molecular complexity index is 1190. The van der Waals surface area contributed by atoms with Crippen molar-refractivity contribution in [1.82, 2.24) is 9.55 Å². The van der Waals surface area contributed by atoms with Crippen molar-refractivity contribution in [1.29, 1.82) is 0 Å². The summed E-state index contributed by atoms with van der Waals surface area (Å²) < 4.78 is 1.30. The summed E-state index contributed by atoms with van der Waals surface area (Å²) in [7, 11) is 0. The van der Waals surface area contributed by atoms with E-state index in [1.54, 1.807) is 0 Å². The molecule has 1 amide bonds. The average Bonchev–Trinajstić information content (AvgIpc) is 2.78. The summed E-state index contributed by atoms with van der Waals surface area (Å²) in [6, 6.07) is 17.2. The largest absolute Gasteiger partial charge is 0.383 e. The van der Waals surface area contributed by atoms with Crippen LogP contribution in [0.5, 0.6) is 0 Å². The first-order chi connectivity index (χ1) is 15.4. The van der Waals surface area contributed by atoms with Crippen molar-refractivity contribution >= 4 is 29.2 Å². The number of carbonyl (C=O) groups excluding carboxylic acids is 1. The van der Waals surface area contributed by atoms with E-state index in [-0.39, 0.29) is 29.7 Å². The molecule has 0 spiro atoms. The molecule has 0 atom stereocenters. The van der Waals surface area contributed by atoms with Crippen LogP contribution in [0.3, 0.4) is 0 Å². The number of aromatic amines is 1. The average molecular weight is 453 g/mol. The number of nitrogen functional groups attached to an aromatic ring is 1. The van der Waals surface area contributed by atoms with Crippen molar-refractivity contribution in [3.63, 3.8) is 0 Å². The van der Waals surface area contributed by atoms with E-state index in [0.717, 1.165) is 22.4 Å². The molecule has 0 saturated heterocycles. The quantitative estimate of drug-likeness (QED) is 0.485. The Morgan fingerprint density at radius 3 is 2.56 bits per heavy atom. The summed E-state index contributed by atoms with van der Waals surface area (Å²) in [6.07, 6.45) is 1.55. The fourth-order valence-corrected chi connectivity index (χ4v) is 4.26. The van der Waals surface area contributed by atoms with Crippen molar-refractivity contribution in [2.24, 2.45) is 0 Å². The van der Waals surface area contributed by atoms with E-state index >= 15 is 0 Å². The molecule has 2 aromatic carbocycles. The lowest BCUT2D eigenvalue weighted by atomic mass is 10.2. The molecule has 0 unspecified atom stereocenters. The third kappa shape index (κ3) is 5.70. The topological polar surface area (TPSA) is 101 Å². The van der Waals surface area contributed by atoms with E-state index in [9.17, 15) is 14.4 Å². The second kappa shape index (κ2) is 10.9. The van der Waals surface area contributed by atoms with Crippen molar-refractivity contribution in [3.05, 3.63) is 86.6 Å². The van der Waals surface area contributed by atoms with Gasteiger partial charge in [0.15, 0.2) is 5.69 Å². The highest BCUT2D eigenvalue weighted by Crippen LogP contribution is 2.23. The van der Waals surface area contributed by atoms with Gasteiger partial charge in [-0.2, -0.15) is 0 Å². The smallest absolute Gasteiger partial charge is 0.330 e. The molecule has 0 radical (unpaired) electrons. The maximum absolute atomic E-state index is 13.2. The number of hydrogen-bond acceptors (Lipinski definition) is 5. The Kier molecular flexibility index (Phi) is 7.94. The number of thioether (sulfide) groups is 1. The number of carbonyl (C=O) groups is 1. The summed E-state index contributed by atoms with van der Waals surface area (Å²) >= 11 is 1.41. The number of amides is 1. The number of H-pyrrole nitrogens is 1. The number of benzene rings is 2. The zero-order valence-corrected chi connectivity index (χ0v) is 19.2. The molecule has 0 fully saturated rings. The Morgan fingerprint density at radius 1 is 1.12 bits per heavy atom. The number of nitrogens with zero attached hydrogens (tertiary/aromatic N) is 2.